The van der Waals surface area contributed by atoms with Crippen LogP contribution in [-0.2, 0) is 0 Å². The predicted molar refractivity (Wildman–Crippen MR) is 80.1 cm³/mol. The molecule has 2 rings (SSSR count). The molecule has 102 valence electrons. The maximum Gasteiger partial charge on any atom is 0.145 e. The highest BCUT2D eigenvalue weighted by atomic mass is 15.1. The lowest BCUT2D eigenvalue weighted by atomic mass is 10.2. The van der Waals surface area contributed by atoms with E-state index in [4.69, 9.17) is 10.5 Å². The van der Waals surface area contributed by atoms with E-state index in [1.165, 1.54) is 31.9 Å². The number of hydrogen-bond acceptors (Lipinski definition) is 4. The second kappa shape index (κ2) is 7.21. The molecule has 4 heteroatoms. The summed E-state index contributed by atoms with van der Waals surface area (Å²) in [7, 11) is 0. The molecule has 1 N–H and O–H groups in total. The van der Waals surface area contributed by atoms with E-state index in [1.54, 1.807) is 0 Å². The Morgan fingerprint density at radius 1 is 1.05 bits per heavy atom. The first-order valence-corrected chi connectivity index (χ1v) is 6.96. The van der Waals surface area contributed by atoms with Gasteiger partial charge in [-0.1, -0.05) is 25.0 Å². The molecule has 4 nitrogen and oxygen atoms in total. The van der Waals surface area contributed by atoms with Gasteiger partial charge in [0.1, 0.15) is 17.7 Å². The van der Waals surface area contributed by atoms with Crippen LogP contribution >= 0.6 is 0 Å². The van der Waals surface area contributed by atoms with Crippen molar-refractivity contribution in [1.82, 2.24) is 0 Å². The van der Waals surface area contributed by atoms with Crippen molar-refractivity contribution < 1.29 is 0 Å². The van der Waals surface area contributed by atoms with Crippen molar-refractivity contribution in [3.8, 4) is 12.1 Å². The molecule has 1 aliphatic heterocycles. The van der Waals surface area contributed by atoms with E-state index in [0.717, 1.165) is 24.5 Å². The molecule has 1 aromatic rings. The Labute approximate surface area is 119 Å². The number of rotatable bonds is 3. The molecule has 0 amide bonds. The summed E-state index contributed by atoms with van der Waals surface area (Å²) in [5.74, 6) is 0. The van der Waals surface area contributed by atoms with Crippen LogP contribution in [0.4, 0.5) is 11.4 Å². The van der Waals surface area contributed by atoms with Crippen LogP contribution in [0.3, 0.4) is 0 Å². The van der Waals surface area contributed by atoms with Crippen molar-refractivity contribution in [3.63, 3.8) is 0 Å². The van der Waals surface area contributed by atoms with Crippen LogP contribution in [-0.4, -0.2) is 13.1 Å². The zero-order valence-electron chi connectivity index (χ0n) is 11.5. The van der Waals surface area contributed by atoms with E-state index in [-0.39, 0.29) is 5.57 Å². The Hall–Kier alpha value is -2.46. The van der Waals surface area contributed by atoms with Crippen molar-refractivity contribution >= 4 is 11.4 Å². The quantitative estimate of drug-likeness (QED) is 0.851. The summed E-state index contributed by atoms with van der Waals surface area (Å²) < 4.78 is 0. The Kier molecular flexibility index (Phi) is 5.03. The first-order chi connectivity index (χ1) is 9.85. The minimum atomic E-state index is 0.0793. The fourth-order valence-corrected chi connectivity index (χ4v) is 2.42. The number of nitrogens with one attached hydrogen (secondary N) is 1. The SMILES string of the molecule is N#CC(C#N)=CNc1ccccc1N1CCCCCC1. The van der Waals surface area contributed by atoms with Gasteiger partial charge < -0.3 is 10.2 Å². The fourth-order valence-electron chi connectivity index (χ4n) is 2.42. The van der Waals surface area contributed by atoms with Gasteiger partial charge in [0.15, 0.2) is 0 Å². The van der Waals surface area contributed by atoms with Crippen LogP contribution < -0.4 is 10.2 Å². The first-order valence-electron chi connectivity index (χ1n) is 6.96. The first kappa shape index (κ1) is 14.0. The molecular formula is C16H18N4. The topological polar surface area (TPSA) is 62.9 Å². The van der Waals surface area contributed by atoms with E-state index in [0.29, 0.717) is 0 Å². The van der Waals surface area contributed by atoms with Crippen LogP contribution in [0.25, 0.3) is 0 Å². The average Bonchev–Trinajstić information content (AvgIpc) is 2.78. The highest BCUT2D eigenvalue weighted by Gasteiger charge is 2.12. The Morgan fingerprint density at radius 3 is 2.35 bits per heavy atom. The zero-order valence-corrected chi connectivity index (χ0v) is 11.5. The van der Waals surface area contributed by atoms with E-state index < -0.39 is 0 Å². The molecule has 1 saturated heterocycles. The van der Waals surface area contributed by atoms with E-state index in [2.05, 4.69) is 16.3 Å². The lowest BCUT2D eigenvalue weighted by Crippen LogP contribution is -2.24. The van der Waals surface area contributed by atoms with Crippen molar-refractivity contribution in [2.75, 3.05) is 23.3 Å². The summed E-state index contributed by atoms with van der Waals surface area (Å²) in [6.45, 7) is 2.12. The van der Waals surface area contributed by atoms with Crippen molar-refractivity contribution in [1.29, 1.82) is 10.5 Å². The maximum atomic E-state index is 8.77. The molecule has 0 spiro atoms. The van der Waals surface area contributed by atoms with Crippen LogP contribution in [0.15, 0.2) is 36.0 Å². The minimum Gasteiger partial charge on any atom is -0.370 e. The summed E-state index contributed by atoms with van der Waals surface area (Å²) in [6.07, 6.45) is 6.48. The third-order valence-corrected chi connectivity index (χ3v) is 3.46. The molecular weight excluding hydrogens is 248 g/mol. The zero-order chi connectivity index (χ0) is 14.2. The van der Waals surface area contributed by atoms with Gasteiger partial charge >= 0.3 is 0 Å². The number of anilines is 2. The molecule has 1 aromatic carbocycles. The van der Waals surface area contributed by atoms with Gasteiger partial charge in [-0.25, -0.2) is 0 Å². The third-order valence-electron chi connectivity index (χ3n) is 3.46. The van der Waals surface area contributed by atoms with Crippen LogP contribution in [0.1, 0.15) is 25.7 Å². The van der Waals surface area contributed by atoms with E-state index in [9.17, 15) is 0 Å². The van der Waals surface area contributed by atoms with Gasteiger partial charge in [-0.2, -0.15) is 10.5 Å². The molecule has 0 atom stereocenters. The molecule has 0 bridgehead atoms. The van der Waals surface area contributed by atoms with E-state index in [1.807, 2.05) is 30.3 Å². The second-order valence-electron chi connectivity index (χ2n) is 4.84. The van der Waals surface area contributed by atoms with Gasteiger partial charge in [-0.3, -0.25) is 0 Å². The van der Waals surface area contributed by atoms with Crippen molar-refractivity contribution in [3.05, 3.63) is 36.0 Å². The highest BCUT2D eigenvalue weighted by Crippen LogP contribution is 2.28. The largest absolute Gasteiger partial charge is 0.370 e. The van der Waals surface area contributed by atoms with Gasteiger partial charge in [-0.05, 0) is 25.0 Å². The van der Waals surface area contributed by atoms with Crippen molar-refractivity contribution in [2.24, 2.45) is 0 Å². The number of benzene rings is 1. The van der Waals surface area contributed by atoms with Crippen LogP contribution in [0.2, 0.25) is 0 Å². The molecule has 0 aromatic heterocycles. The molecule has 1 heterocycles. The van der Waals surface area contributed by atoms with Gasteiger partial charge in [0.2, 0.25) is 0 Å². The van der Waals surface area contributed by atoms with E-state index >= 15 is 0 Å². The Bertz CT molecular complexity index is 539. The number of nitriles is 2. The summed E-state index contributed by atoms with van der Waals surface area (Å²) in [5.41, 5.74) is 2.16. The molecule has 1 fully saturated rings. The summed E-state index contributed by atoms with van der Waals surface area (Å²) in [6, 6.07) is 11.7. The van der Waals surface area contributed by atoms with Crippen LogP contribution in [0, 0.1) is 22.7 Å². The highest BCUT2D eigenvalue weighted by molar-refractivity contribution is 5.71. The summed E-state index contributed by atoms with van der Waals surface area (Å²) in [4.78, 5) is 2.38. The second-order valence-corrected chi connectivity index (χ2v) is 4.84. The summed E-state index contributed by atoms with van der Waals surface area (Å²) >= 11 is 0. The Morgan fingerprint density at radius 2 is 1.70 bits per heavy atom. The average molecular weight is 266 g/mol. The number of hydrogen-bond donors (Lipinski definition) is 1. The Balaban J connectivity index is 2.20. The monoisotopic (exact) mass is 266 g/mol. The maximum absolute atomic E-state index is 8.77. The minimum absolute atomic E-state index is 0.0793. The van der Waals surface area contributed by atoms with Gasteiger partial charge in [0.05, 0.1) is 11.4 Å². The van der Waals surface area contributed by atoms with Crippen molar-refractivity contribution in [2.45, 2.75) is 25.7 Å². The smallest absolute Gasteiger partial charge is 0.145 e. The summed E-state index contributed by atoms with van der Waals surface area (Å²) in [5, 5.41) is 20.6. The number of nitrogens with zero attached hydrogens (tertiary/aromatic N) is 3. The molecule has 0 radical (unpaired) electrons. The fraction of sp³-hybridized carbons (Fsp3) is 0.375. The van der Waals surface area contributed by atoms with Gasteiger partial charge in [0, 0.05) is 19.3 Å². The lowest BCUT2D eigenvalue weighted by Gasteiger charge is -2.25. The normalized spacial score (nSPS) is 14.6. The molecule has 1 aliphatic rings. The van der Waals surface area contributed by atoms with Gasteiger partial charge in [0.25, 0.3) is 0 Å². The molecule has 0 saturated carbocycles. The van der Waals surface area contributed by atoms with Gasteiger partial charge in [-0.15, -0.1) is 0 Å². The molecule has 20 heavy (non-hydrogen) atoms. The number of allylic oxidation sites excluding steroid dienone is 1. The third kappa shape index (κ3) is 3.52. The van der Waals surface area contributed by atoms with Crippen LogP contribution in [0.5, 0.6) is 0 Å². The standard InChI is InChI=1S/C16H18N4/c17-11-14(12-18)13-19-15-7-3-4-8-16(15)20-9-5-1-2-6-10-20/h3-4,7-8,13,19H,1-2,5-6,9-10H2. The molecule has 0 aliphatic carbocycles. The number of para-hydroxylation sites is 2. The predicted octanol–water partition coefficient (Wildman–Crippen LogP) is 3.41. The lowest BCUT2D eigenvalue weighted by molar-refractivity contribution is 0.726. The molecule has 0 unspecified atom stereocenters.